The van der Waals surface area contributed by atoms with E-state index in [9.17, 15) is 43.9 Å². The number of halogens is 10. The minimum absolute atomic E-state index is 0.0421. The maximum atomic E-state index is 14.7. The maximum Gasteiger partial charge on any atom is 0.573 e. The molecule has 0 spiro atoms. The van der Waals surface area contributed by atoms with E-state index in [1.54, 1.807) is 13.0 Å². The summed E-state index contributed by atoms with van der Waals surface area (Å²) in [5, 5.41) is 0. The Balaban J connectivity index is 1.65. The van der Waals surface area contributed by atoms with E-state index in [0.717, 1.165) is 24.3 Å². The van der Waals surface area contributed by atoms with Crippen LogP contribution in [0.25, 0.3) is 34.4 Å². The fourth-order valence-corrected chi connectivity index (χ4v) is 3.82. The molecule has 39 heavy (non-hydrogen) atoms. The van der Waals surface area contributed by atoms with Crippen molar-refractivity contribution >= 4 is 12.2 Å². The van der Waals surface area contributed by atoms with Gasteiger partial charge in [0.25, 0.3) is 0 Å². The average Bonchev–Trinajstić information content (AvgIpc) is 2.80. The summed E-state index contributed by atoms with van der Waals surface area (Å²) >= 11 is 0. The van der Waals surface area contributed by atoms with Crippen molar-refractivity contribution in [3.8, 4) is 28.0 Å². The standard InChI is InChI=1S/C28H14F10O/c1-13-2-4-17(19(29)6-13)15-9-20(30)18(21(31)10-15)5-3-14-7-22(32)26(23(33)8-14)16-11-24(34)27(25(35)12-16)39-28(36,37)38/h2-12H,1H3/b5-3+. The first kappa shape index (κ1) is 27.7. The van der Waals surface area contributed by atoms with Crippen LogP contribution in [-0.2, 0) is 0 Å². The number of hydrogen-bond donors (Lipinski definition) is 0. The zero-order chi connectivity index (χ0) is 28.6. The fraction of sp³-hybridized carbons (Fsp3) is 0.0714. The summed E-state index contributed by atoms with van der Waals surface area (Å²) in [6.07, 6.45) is -3.59. The van der Waals surface area contributed by atoms with E-state index in [2.05, 4.69) is 4.74 Å². The highest BCUT2D eigenvalue weighted by Crippen LogP contribution is 2.35. The summed E-state index contributed by atoms with van der Waals surface area (Å²) in [6.45, 7) is 1.64. The summed E-state index contributed by atoms with van der Waals surface area (Å²) in [7, 11) is 0. The maximum absolute atomic E-state index is 14.7. The first-order valence-corrected chi connectivity index (χ1v) is 10.9. The molecule has 0 aliphatic rings. The molecule has 0 fully saturated rings. The van der Waals surface area contributed by atoms with E-state index in [4.69, 9.17) is 0 Å². The van der Waals surface area contributed by atoms with Crippen molar-refractivity contribution in [3.05, 3.63) is 112 Å². The van der Waals surface area contributed by atoms with Gasteiger partial charge in [0.1, 0.15) is 29.1 Å². The molecule has 11 heteroatoms. The Bertz CT molecular complexity index is 1540. The molecule has 0 N–H and O–H groups in total. The van der Waals surface area contributed by atoms with Gasteiger partial charge < -0.3 is 4.74 Å². The van der Waals surface area contributed by atoms with Gasteiger partial charge >= 0.3 is 6.36 Å². The fourth-order valence-electron chi connectivity index (χ4n) is 3.82. The Kier molecular flexibility index (Phi) is 7.45. The number of aryl methyl sites for hydroxylation is 1. The molecule has 0 saturated heterocycles. The zero-order valence-electron chi connectivity index (χ0n) is 19.5. The van der Waals surface area contributed by atoms with Gasteiger partial charge in [0.2, 0.25) is 5.75 Å². The van der Waals surface area contributed by atoms with Gasteiger partial charge in [-0.25, -0.2) is 30.7 Å². The first-order chi connectivity index (χ1) is 18.2. The van der Waals surface area contributed by atoms with Crippen molar-refractivity contribution in [2.45, 2.75) is 13.3 Å². The lowest BCUT2D eigenvalue weighted by atomic mass is 9.99. The van der Waals surface area contributed by atoms with Gasteiger partial charge in [0.05, 0.1) is 5.56 Å². The second kappa shape index (κ2) is 10.5. The Morgan fingerprint density at radius 2 is 1.13 bits per heavy atom. The molecule has 0 aliphatic carbocycles. The minimum atomic E-state index is -5.41. The molecule has 0 saturated carbocycles. The van der Waals surface area contributed by atoms with Gasteiger partial charge in [-0.2, -0.15) is 0 Å². The van der Waals surface area contributed by atoms with E-state index in [0.29, 0.717) is 17.7 Å². The molecular weight excluding hydrogens is 542 g/mol. The van der Waals surface area contributed by atoms with Crippen LogP contribution in [0, 0.1) is 47.6 Å². The smallest absolute Gasteiger partial charge is 0.399 e. The number of alkyl halides is 3. The molecule has 0 radical (unpaired) electrons. The minimum Gasteiger partial charge on any atom is -0.399 e. The summed E-state index contributed by atoms with van der Waals surface area (Å²) in [6, 6.07) is 7.74. The Morgan fingerprint density at radius 1 is 0.590 bits per heavy atom. The highest BCUT2D eigenvalue weighted by molar-refractivity contribution is 5.75. The van der Waals surface area contributed by atoms with E-state index < -0.39 is 69.5 Å². The van der Waals surface area contributed by atoms with E-state index >= 15 is 0 Å². The molecule has 0 aromatic heterocycles. The number of hydrogen-bond acceptors (Lipinski definition) is 1. The summed E-state index contributed by atoms with van der Waals surface area (Å²) in [4.78, 5) is 0. The third-order valence-electron chi connectivity index (χ3n) is 5.53. The van der Waals surface area contributed by atoms with Crippen LogP contribution in [-0.4, -0.2) is 6.36 Å². The SMILES string of the molecule is Cc1ccc(-c2cc(F)c(/C=C/c3cc(F)c(-c4cc(F)c(OC(F)(F)F)c(F)c4)c(F)c3)c(F)c2)c(F)c1. The van der Waals surface area contributed by atoms with Crippen molar-refractivity contribution in [1.82, 2.24) is 0 Å². The number of ether oxygens (including phenoxy) is 1. The monoisotopic (exact) mass is 556 g/mol. The van der Waals surface area contributed by atoms with Gasteiger partial charge in [0, 0.05) is 11.1 Å². The van der Waals surface area contributed by atoms with Gasteiger partial charge in [-0.1, -0.05) is 18.2 Å². The van der Waals surface area contributed by atoms with Crippen LogP contribution in [0.15, 0.2) is 54.6 Å². The second-order valence-electron chi connectivity index (χ2n) is 8.35. The van der Waals surface area contributed by atoms with Crippen LogP contribution in [0.3, 0.4) is 0 Å². The highest BCUT2D eigenvalue weighted by atomic mass is 19.4. The Morgan fingerprint density at radius 3 is 1.64 bits per heavy atom. The van der Waals surface area contributed by atoms with Gasteiger partial charge in [-0.3, -0.25) is 0 Å². The molecule has 1 nitrogen and oxygen atoms in total. The van der Waals surface area contributed by atoms with Crippen LogP contribution in [0.2, 0.25) is 0 Å². The molecule has 0 unspecified atom stereocenters. The van der Waals surface area contributed by atoms with Crippen molar-refractivity contribution in [2.24, 2.45) is 0 Å². The van der Waals surface area contributed by atoms with Crippen molar-refractivity contribution in [1.29, 1.82) is 0 Å². The molecule has 202 valence electrons. The van der Waals surface area contributed by atoms with Gasteiger partial charge in [0.15, 0.2) is 11.6 Å². The van der Waals surface area contributed by atoms with Crippen molar-refractivity contribution in [3.63, 3.8) is 0 Å². The quantitative estimate of drug-likeness (QED) is 0.176. The van der Waals surface area contributed by atoms with Crippen LogP contribution >= 0.6 is 0 Å². The average molecular weight is 556 g/mol. The molecule has 4 aromatic carbocycles. The molecule has 0 atom stereocenters. The summed E-state index contributed by atoms with van der Waals surface area (Å²) in [5.74, 6) is -11.1. The van der Waals surface area contributed by atoms with Crippen molar-refractivity contribution < 1.29 is 48.6 Å². The molecular formula is C28H14F10O. The first-order valence-electron chi connectivity index (χ1n) is 10.9. The van der Waals surface area contributed by atoms with Crippen LogP contribution < -0.4 is 4.74 Å². The van der Waals surface area contributed by atoms with Crippen LogP contribution in [0.1, 0.15) is 16.7 Å². The van der Waals surface area contributed by atoms with E-state index in [-0.39, 0.29) is 28.8 Å². The molecule has 0 amide bonds. The summed E-state index contributed by atoms with van der Waals surface area (Å²) in [5.41, 5.74) is -2.09. The lowest BCUT2D eigenvalue weighted by molar-refractivity contribution is -0.276. The van der Waals surface area contributed by atoms with E-state index in [1.165, 1.54) is 12.1 Å². The third kappa shape index (κ3) is 6.08. The Labute approximate surface area is 214 Å². The largest absolute Gasteiger partial charge is 0.573 e. The number of rotatable bonds is 5. The van der Waals surface area contributed by atoms with Gasteiger partial charge in [-0.05, 0) is 77.7 Å². The molecule has 4 rings (SSSR count). The zero-order valence-corrected chi connectivity index (χ0v) is 19.5. The lowest BCUT2D eigenvalue weighted by Crippen LogP contribution is -2.19. The molecule has 4 aromatic rings. The van der Waals surface area contributed by atoms with Gasteiger partial charge in [-0.15, -0.1) is 13.2 Å². The summed E-state index contributed by atoms with van der Waals surface area (Å²) < 4.78 is 141. The molecule has 0 heterocycles. The Hall–Kier alpha value is -4.28. The lowest BCUT2D eigenvalue weighted by Gasteiger charge is -2.13. The molecule has 0 bridgehead atoms. The van der Waals surface area contributed by atoms with Crippen LogP contribution in [0.5, 0.6) is 5.75 Å². The predicted octanol–water partition coefficient (Wildman–Crippen LogP) is 9.37. The second-order valence-corrected chi connectivity index (χ2v) is 8.35. The normalized spacial score (nSPS) is 11.9. The van der Waals surface area contributed by atoms with E-state index in [1.807, 2.05) is 0 Å². The van der Waals surface area contributed by atoms with Crippen LogP contribution in [0.4, 0.5) is 43.9 Å². The molecule has 0 aliphatic heterocycles. The highest BCUT2D eigenvalue weighted by Gasteiger charge is 2.34. The predicted molar refractivity (Wildman–Crippen MR) is 124 cm³/mol. The van der Waals surface area contributed by atoms with Crippen molar-refractivity contribution in [2.75, 3.05) is 0 Å². The topological polar surface area (TPSA) is 9.23 Å². The number of benzene rings is 4. The third-order valence-corrected chi connectivity index (χ3v) is 5.53.